The van der Waals surface area contributed by atoms with E-state index in [1.165, 1.54) is 11.3 Å². The third-order valence-electron chi connectivity index (χ3n) is 3.61. The van der Waals surface area contributed by atoms with E-state index >= 15 is 0 Å². The van der Waals surface area contributed by atoms with Crippen LogP contribution >= 0.6 is 27.3 Å². The van der Waals surface area contributed by atoms with E-state index in [-0.39, 0.29) is 12.7 Å². The first-order valence-electron chi connectivity index (χ1n) is 6.86. The molecule has 1 aliphatic heterocycles. The zero-order valence-electron chi connectivity index (χ0n) is 12.1. The van der Waals surface area contributed by atoms with Crippen molar-refractivity contribution in [2.75, 3.05) is 6.79 Å². The molecule has 1 amide bonds. The van der Waals surface area contributed by atoms with Gasteiger partial charge in [0.15, 0.2) is 16.3 Å². The number of nitrogens with zero attached hydrogens (tertiary/aromatic N) is 2. The third-order valence-corrected chi connectivity index (χ3v) is 5.39. The van der Waals surface area contributed by atoms with Crippen molar-refractivity contribution in [1.82, 2.24) is 4.57 Å². The van der Waals surface area contributed by atoms with Gasteiger partial charge in [-0.05, 0) is 28.1 Å². The Balaban J connectivity index is 1.84. The van der Waals surface area contributed by atoms with Crippen LogP contribution in [0.25, 0.3) is 10.2 Å². The number of amides is 1. The fraction of sp³-hybridized carbons (Fsp3) is 0.125. The molecule has 0 radical (unpaired) electrons. The van der Waals surface area contributed by atoms with Crippen LogP contribution in [-0.2, 0) is 7.05 Å². The molecular formula is C16H11BrN2O3S. The number of aromatic nitrogens is 1. The average molecular weight is 391 g/mol. The van der Waals surface area contributed by atoms with Gasteiger partial charge in [-0.3, -0.25) is 4.79 Å². The van der Waals surface area contributed by atoms with Gasteiger partial charge in [0, 0.05) is 23.7 Å². The van der Waals surface area contributed by atoms with Gasteiger partial charge in [-0.2, -0.15) is 4.99 Å². The van der Waals surface area contributed by atoms with Crippen LogP contribution in [0.2, 0.25) is 0 Å². The van der Waals surface area contributed by atoms with Crippen LogP contribution in [0, 0.1) is 0 Å². The van der Waals surface area contributed by atoms with E-state index in [0.29, 0.717) is 10.4 Å². The van der Waals surface area contributed by atoms with Gasteiger partial charge in [-0.15, -0.1) is 0 Å². The van der Waals surface area contributed by atoms with Crippen LogP contribution in [0.15, 0.2) is 45.9 Å². The minimum atomic E-state index is -0.278. The van der Waals surface area contributed by atoms with Crippen LogP contribution in [-0.4, -0.2) is 17.3 Å². The molecule has 0 fully saturated rings. The summed E-state index contributed by atoms with van der Waals surface area (Å²) in [5.74, 6) is 1.16. The van der Waals surface area contributed by atoms with E-state index in [2.05, 4.69) is 20.9 Å². The molecule has 2 heterocycles. The normalized spacial score (nSPS) is 13.7. The quantitative estimate of drug-likeness (QED) is 0.639. The van der Waals surface area contributed by atoms with Gasteiger partial charge >= 0.3 is 0 Å². The number of benzene rings is 2. The largest absolute Gasteiger partial charge is 0.454 e. The highest BCUT2D eigenvalue weighted by molar-refractivity contribution is 9.10. The fourth-order valence-electron chi connectivity index (χ4n) is 2.41. The maximum absolute atomic E-state index is 12.4. The number of rotatable bonds is 1. The number of halogens is 1. The Morgan fingerprint density at radius 2 is 2.00 bits per heavy atom. The molecule has 3 aromatic rings. The number of fused-ring (bicyclic) bond motifs is 2. The first kappa shape index (κ1) is 14.5. The summed E-state index contributed by atoms with van der Waals surface area (Å²) in [5, 5.41) is 0. The van der Waals surface area contributed by atoms with Crippen molar-refractivity contribution in [1.29, 1.82) is 0 Å². The number of carbonyl (C=O) groups is 1. The van der Waals surface area contributed by atoms with Crippen molar-refractivity contribution < 1.29 is 14.3 Å². The molecule has 0 atom stereocenters. The van der Waals surface area contributed by atoms with Crippen LogP contribution in [0.3, 0.4) is 0 Å². The summed E-state index contributed by atoms with van der Waals surface area (Å²) in [5.41, 5.74) is 1.50. The molecule has 0 N–H and O–H groups in total. The molecule has 4 rings (SSSR count). The maximum Gasteiger partial charge on any atom is 0.280 e. The van der Waals surface area contributed by atoms with Crippen molar-refractivity contribution in [3.05, 3.63) is 51.2 Å². The van der Waals surface area contributed by atoms with Crippen molar-refractivity contribution >= 4 is 43.4 Å². The summed E-state index contributed by atoms with van der Waals surface area (Å²) in [6.07, 6.45) is 0. The van der Waals surface area contributed by atoms with E-state index < -0.39 is 0 Å². The number of carbonyl (C=O) groups excluding carboxylic acids is 1. The molecule has 5 nitrogen and oxygen atoms in total. The third kappa shape index (κ3) is 2.46. The van der Waals surface area contributed by atoms with Gasteiger partial charge in [0.25, 0.3) is 5.91 Å². The summed E-state index contributed by atoms with van der Waals surface area (Å²) in [7, 11) is 1.88. The second-order valence-corrected chi connectivity index (χ2v) is 6.88. The second-order valence-electron chi connectivity index (χ2n) is 5.01. The molecule has 0 aliphatic carbocycles. The lowest BCUT2D eigenvalue weighted by molar-refractivity contribution is 0.0997. The summed E-state index contributed by atoms with van der Waals surface area (Å²) < 4.78 is 14.4. The standard InChI is InChI=1S/C16H11BrN2O3S/c1-19-11-6-12-13(22-8-21-12)7-14(11)23-16(19)18-15(20)9-4-2-3-5-10(9)17/h2-7H,8H2,1H3. The van der Waals surface area contributed by atoms with E-state index in [1.54, 1.807) is 6.07 Å². The molecule has 0 spiro atoms. The molecule has 0 bridgehead atoms. The van der Waals surface area contributed by atoms with Crippen molar-refractivity contribution in [3.63, 3.8) is 0 Å². The number of thiazole rings is 1. The highest BCUT2D eigenvalue weighted by Crippen LogP contribution is 2.36. The van der Waals surface area contributed by atoms with Crippen LogP contribution in [0.4, 0.5) is 0 Å². The lowest BCUT2D eigenvalue weighted by atomic mass is 10.2. The smallest absolute Gasteiger partial charge is 0.280 e. The SMILES string of the molecule is Cn1c(=NC(=O)c2ccccc2Br)sc2cc3c(cc21)OCO3. The predicted molar refractivity (Wildman–Crippen MR) is 91.0 cm³/mol. The van der Waals surface area contributed by atoms with Crippen LogP contribution < -0.4 is 14.3 Å². The molecule has 116 valence electrons. The topological polar surface area (TPSA) is 52.8 Å². The monoisotopic (exact) mass is 390 g/mol. The summed E-state index contributed by atoms with van der Waals surface area (Å²) in [6.45, 7) is 0.244. The number of ether oxygens (including phenoxy) is 2. The number of aryl methyl sites for hydroxylation is 1. The summed E-state index contributed by atoms with van der Waals surface area (Å²) in [6, 6.07) is 11.1. The van der Waals surface area contributed by atoms with E-state index in [9.17, 15) is 4.79 Å². The van der Waals surface area contributed by atoms with Gasteiger partial charge in [0.2, 0.25) is 6.79 Å². The van der Waals surface area contributed by atoms with E-state index in [0.717, 1.165) is 26.2 Å². The molecular weight excluding hydrogens is 380 g/mol. The minimum absolute atomic E-state index is 0.244. The molecule has 7 heteroatoms. The Kier molecular flexibility index (Phi) is 3.46. The van der Waals surface area contributed by atoms with Gasteiger partial charge in [0.1, 0.15) is 0 Å². The number of hydrogen-bond acceptors (Lipinski definition) is 4. The molecule has 2 aromatic carbocycles. The molecule has 0 saturated heterocycles. The molecule has 0 saturated carbocycles. The Morgan fingerprint density at radius 1 is 1.26 bits per heavy atom. The Labute approximate surface area is 143 Å². The van der Waals surface area contributed by atoms with Crippen LogP contribution in [0.1, 0.15) is 10.4 Å². The summed E-state index contributed by atoms with van der Waals surface area (Å²) >= 11 is 4.83. The first-order valence-corrected chi connectivity index (χ1v) is 8.47. The van der Waals surface area contributed by atoms with Gasteiger partial charge in [0.05, 0.1) is 15.8 Å². The Morgan fingerprint density at radius 3 is 2.78 bits per heavy atom. The van der Waals surface area contributed by atoms with Crippen molar-refractivity contribution in [3.8, 4) is 11.5 Å². The van der Waals surface area contributed by atoms with E-state index in [1.807, 2.05) is 41.9 Å². The highest BCUT2D eigenvalue weighted by Gasteiger charge is 2.17. The second kappa shape index (κ2) is 5.50. The first-order chi connectivity index (χ1) is 11.1. The Hall–Kier alpha value is -2.12. The fourth-order valence-corrected chi connectivity index (χ4v) is 3.89. The molecule has 1 aromatic heterocycles. The zero-order valence-corrected chi connectivity index (χ0v) is 14.5. The molecule has 1 aliphatic rings. The number of hydrogen-bond donors (Lipinski definition) is 0. The van der Waals surface area contributed by atoms with Gasteiger partial charge < -0.3 is 14.0 Å². The van der Waals surface area contributed by atoms with E-state index in [4.69, 9.17) is 9.47 Å². The van der Waals surface area contributed by atoms with Crippen molar-refractivity contribution in [2.45, 2.75) is 0 Å². The zero-order chi connectivity index (χ0) is 16.0. The summed E-state index contributed by atoms with van der Waals surface area (Å²) in [4.78, 5) is 17.3. The molecule has 23 heavy (non-hydrogen) atoms. The van der Waals surface area contributed by atoms with Crippen molar-refractivity contribution in [2.24, 2.45) is 12.0 Å². The average Bonchev–Trinajstić information content (AvgIpc) is 3.11. The molecule has 0 unspecified atom stereocenters. The van der Waals surface area contributed by atoms with Gasteiger partial charge in [-0.25, -0.2) is 0 Å². The highest BCUT2D eigenvalue weighted by atomic mass is 79.9. The predicted octanol–water partition coefficient (Wildman–Crippen LogP) is 3.47. The van der Waals surface area contributed by atoms with Gasteiger partial charge in [-0.1, -0.05) is 23.5 Å². The lowest BCUT2D eigenvalue weighted by Gasteiger charge is -1.99. The lowest BCUT2D eigenvalue weighted by Crippen LogP contribution is -2.13. The van der Waals surface area contributed by atoms with Crippen LogP contribution in [0.5, 0.6) is 11.5 Å². The minimum Gasteiger partial charge on any atom is -0.454 e. The Bertz CT molecular complexity index is 1010. The maximum atomic E-state index is 12.4.